The Kier molecular flexibility index (Phi) is 11.4. The lowest BCUT2D eigenvalue weighted by atomic mass is 10.0. The number of anilines is 1. The van der Waals surface area contributed by atoms with Crippen LogP contribution in [0.15, 0.2) is 66.1 Å². The van der Waals surface area contributed by atoms with Gasteiger partial charge in [0.05, 0.1) is 24.6 Å². The predicted octanol–water partition coefficient (Wildman–Crippen LogP) is 6.63. The number of amides is 3. The molecule has 0 unspecified atom stereocenters. The molecule has 2 aliphatic carbocycles. The Morgan fingerprint density at radius 1 is 1.03 bits per heavy atom. The molecule has 2 saturated carbocycles. The third-order valence-electron chi connectivity index (χ3n) is 12.0. The summed E-state index contributed by atoms with van der Waals surface area (Å²) in [6.45, 7) is 6.25. The van der Waals surface area contributed by atoms with Crippen LogP contribution in [0.2, 0.25) is 0 Å². The van der Waals surface area contributed by atoms with Crippen molar-refractivity contribution in [2.75, 3.05) is 19.0 Å². The quantitative estimate of drug-likeness (QED) is 0.148. The molecular formula is C44H52N6O7S2. The monoisotopic (exact) mass is 840 g/mol. The predicted molar refractivity (Wildman–Crippen MR) is 228 cm³/mol. The van der Waals surface area contributed by atoms with Gasteiger partial charge in [0, 0.05) is 28.8 Å². The minimum Gasteiger partial charge on any atom is -0.496 e. The van der Waals surface area contributed by atoms with Gasteiger partial charge in [0.1, 0.15) is 40.2 Å². The fourth-order valence-corrected chi connectivity index (χ4v) is 10.6. The van der Waals surface area contributed by atoms with Gasteiger partial charge in [-0.3, -0.25) is 19.1 Å². The van der Waals surface area contributed by atoms with Crippen LogP contribution in [-0.2, 0) is 24.4 Å². The number of benzene rings is 2. The lowest BCUT2D eigenvalue weighted by Crippen LogP contribution is -2.57. The second-order valence-electron chi connectivity index (χ2n) is 16.6. The molecule has 3 fully saturated rings. The first-order valence-electron chi connectivity index (χ1n) is 20.6. The van der Waals surface area contributed by atoms with Crippen LogP contribution in [0.5, 0.6) is 11.6 Å². The van der Waals surface area contributed by atoms with Crippen molar-refractivity contribution in [2.45, 2.75) is 113 Å². The van der Waals surface area contributed by atoms with Crippen molar-refractivity contribution in [3.8, 4) is 22.3 Å². The number of nitrogens with one attached hydrogen (secondary N) is 3. The molecule has 4 aromatic rings. The number of methoxy groups -OCH3 is 1. The summed E-state index contributed by atoms with van der Waals surface area (Å²) in [7, 11) is -2.25. The average molecular weight is 841 g/mol. The number of para-hydroxylation sites is 1. The van der Waals surface area contributed by atoms with Gasteiger partial charge in [0.2, 0.25) is 27.7 Å². The molecule has 13 nitrogen and oxygen atoms in total. The molecule has 312 valence electrons. The molecule has 4 heterocycles. The third-order valence-corrected chi connectivity index (χ3v) is 14.7. The fraction of sp³-hybridized carbons (Fsp3) is 0.477. The van der Waals surface area contributed by atoms with E-state index in [9.17, 15) is 22.8 Å². The van der Waals surface area contributed by atoms with Crippen LogP contribution >= 0.6 is 11.3 Å². The van der Waals surface area contributed by atoms with Crippen molar-refractivity contribution in [2.24, 2.45) is 5.92 Å². The zero-order chi connectivity index (χ0) is 41.5. The Hall–Kier alpha value is -5.02. The van der Waals surface area contributed by atoms with Crippen LogP contribution in [0.1, 0.15) is 88.8 Å². The normalized spacial score (nSPS) is 25.6. The van der Waals surface area contributed by atoms with Crippen molar-refractivity contribution in [1.82, 2.24) is 24.9 Å². The van der Waals surface area contributed by atoms with E-state index in [-0.39, 0.29) is 31.2 Å². The van der Waals surface area contributed by atoms with Crippen molar-refractivity contribution >= 4 is 55.5 Å². The van der Waals surface area contributed by atoms with Gasteiger partial charge in [-0.2, -0.15) is 0 Å². The summed E-state index contributed by atoms with van der Waals surface area (Å²) < 4.78 is 40.7. The Labute approximate surface area is 349 Å². The van der Waals surface area contributed by atoms with Crippen molar-refractivity contribution in [1.29, 1.82) is 0 Å². The first-order valence-corrected chi connectivity index (χ1v) is 23.1. The maximum atomic E-state index is 14.8. The van der Waals surface area contributed by atoms with E-state index in [1.807, 2.05) is 73.0 Å². The molecule has 3 amide bonds. The van der Waals surface area contributed by atoms with E-state index in [4.69, 9.17) is 19.4 Å². The summed E-state index contributed by atoms with van der Waals surface area (Å²) in [5.74, 6) is -0.639. The SMILES string of the molecule is COc1ccc2c(O[C@@H]3C[C@H]4C(=O)N[C@]5(C(=O)NS(=O)(=O)C6CC6)C[C@@H]5/C=C\CCCCC[C@H](Nc5ccccc5)C(=O)N4C3)nc(-c3nc(C(C)C)cs3)cc2c1C. The second kappa shape index (κ2) is 16.6. The molecule has 2 aromatic carbocycles. The fourth-order valence-electron chi connectivity index (χ4n) is 8.25. The Bertz CT molecular complexity index is 2380. The highest BCUT2D eigenvalue weighted by molar-refractivity contribution is 7.91. The van der Waals surface area contributed by atoms with Crippen LogP contribution in [-0.4, -0.2) is 83.6 Å². The summed E-state index contributed by atoms with van der Waals surface area (Å²) in [5.41, 5.74) is 1.83. The third kappa shape index (κ3) is 8.54. The molecular weight excluding hydrogens is 789 g/mol. The van der Waals surface area contributed by atoms with Crippen molar-refractivity contribution in [3.05, 3.63) is 77.3 Å². The van der Waals surface area contributed by atoms with E-state index in [0.29, 0.717) is 36.6 Å². The smallest absolute Gasteiger partial charge is 0.259 e. The summed E-state index contributed by atoms with van der Waals surface area (Å²) in [4.78, 5) is 54.8. The lowest BCUT2D eigenvalue weighted by molar-refractivity contribution is -0.140. The first-order chi connectivity index (χ1) is 28.4. The summed E-state index contributed by atoms with van der Waals surface area (Å²) >= 11 is 1.51. The molecule has 0 radical (unpaired) electrons. The topological polar surface area (TPSA) is 169 Å². The Balaban J connectivity index is 1.15. The van der Waals surface area contributed by atoms with E-state index in [0.717, 1.165) is 58.4 Å². The molecule has 5 atom stereocenters. The number of nitrogens with zero attached hydrogens (tertiary/aromatic N) is 3. The molecule has 8 rings (SSSR count). The number of aromatic nitrogens is 2. The maximum absolute atomic E-state index is 14.8. The number of ether oxygens (including phenoxy) is 2. The molecule has 0 spiro atoms. The highest BCUT2D eigenvalue weighted by Gasteiger charge is 2.62. The standard InChI is InChI=1S/C44H52N6O7S2/c1-26(2)36-25-58-41(47-36)35-22-33-27(3)38(56-4)20-19-32(33)40(46-35)57-30-21-37-39(51)48-44(43(53)49-59(54,55)31-17-18-31)23-28(44)13-9-6-5-7-12-16-34(42(52)50(37)24-30)45-29-14-10-8-11-15-29/h8-11,13-15,19-20,22,25-26,28,30-31,34,37,45H,5-7,12,16-18,21,23-24H2,1-4H3,(H,48,51)(H,49,53)/b13-9-/t28-,30+,34-,37-,44+/m0/s1. The van der Waals surface area contributed by atoms with Crippen LogP contribution in [0.4, 0.5) is 5.69 Å². The molecule has 0 bridgehead atoms. The van der Waals surface area contributed by atoms with Crippen LogP contribution < -0.4 is 24.8 Å². The number of hydrogen-bond donors (Lipinski definition) is 3. The number of thiazole rings is 1. The molecule has 4 aliphatic rings. The van der Waals surface area contributed by atoms with E-state index in [2.05, 4.69) is 29.2 Å². The zero-order valence-corrected chi connectivity index (χ0v) is 35.5. The first kappa shape index (κ1) is 40.7. The highest BCUT2D eigenvalue weighted by atomic mass is 32.2. The Morgan fingerprint density at radius 2 is 1.83 bits per heavy atom. The molecule has 1 saturated heterocycles. The number of carbonyl (C=O) groups excluding carboxylic acids is 3. The van der Waals surface area contributed by atoms with Crippen molar-refractivity contribution < 1.29 is 32.3 Å². The number of allylic oxidation sites excluding steroid dienone is 1. The average Bonchev–Trinajstić information content (AvgIpc) is 4.09. The number of carbonyl (C=O) groups is 3. The van der Waals surface area contributed by atoms with E-state index < -0.39 is 56.7 Å². The zero-order valence-electron chi connectivity index (χ0n) is 33.9. The second-order valence-corrected chi connectivity index (χ2v) is 19.4. The van der Waals surface area contributed by atoms with Gasteiger partial charge >= 0.3 is 0 Å². The minimum atomic E-state index is -3.88. The number of fused-ring (bicyclic) bond motifs is 3. The number of aryl methyl sites for hydroxylation is 1. The Morgan fingerprint density at radius 3 is 2.56 bits per heavy atom. The molecule has 59 heavy (non-hydrogen) atoms. The van der Waals surface area contributed by atoms with Gasteiger partial charge in [0.15, 0.2) is 0 Å². The van der Waals surface area contributed by atoms with E-state index >= 15 is 0 Å². The lowest BCUT2D eigenvalue weighted by Gasteiger charge is -2.30. The van der Waals surface area contributed by atoms with E-state index in [1.54, 1.807) is 12.0 Å². The number of sulfonamides is 1. The van der Waals surface area contributed by atoms with Crippen molar-refractivity contribution in [3.63, 3.8) is 0 Å². The number of rotatable bonds is 10. The van der Waals surface area contributed by atoms with Gasteiger partial charge in [-0.05, 0) is 92.6 Å². The van der Waals surface area contributed by atoms with Gasteiger partial charge < -0.3 is 25.0 Å². The largest absolute Gasteiger partial charge is 0.496 e. The summed E-state index contributed by atoms with van der Waals surface area (Å²) in [6.07, 6.45) is 8.47. The summed E-state index contributed by atoms with van der Waals surface area (Å²) in [5, 5.41) is 10.2. The molecule has 2 aliphatic heterocycles. The number of hydrogen-bond acceptors (Lipinski definition) is 11. The summed E-state index contributed by atoms with van der Waals surface area (Å²) in [6, 6.07) is 13.6. The van der Waals surface area contributed by atoms with E-state index in [1.165, 1.54) is 11.3 Å². The molecule has 3 N–H and O–H groups in total. The van der Waals surface area contributed by atoms with Gasteiger partial charge in [-0.1, -0.05) is 57.0 Å². The van der Waals surface area contributed by atoms with Crippen LogP contribution in [0.25, 0.3) is 21.5 Å². The maximum Gasteiger partial charge on any atom is 0.259 e. The molecule has 2 aromatic heterocycles. The minimum absolute atomic E-state index is 0.0831. The van der Waals surface area contributed by atoms with Gasteiger partial charge in [0.25, 0.3) is 5.91 Å². The van der Waals surface area contributed by atoms with Crippen LogP contribution in [0.3, 0.4) is 0 Å². The highest BCUT2D eigenvalue weighted by Crippen LogP contribution is 2.46. The van der Waals surface area contributed by atoms with Gasteiger partial charge in [-0.15, -0.1) is 11.3 Å². The van der Waals surface area contributed by atoms with Gasteiger partial charge in [-0.25, -0.2) is 18.4 Å². The molecule has 15 heteroatoms. The number of pyridine rings is 1. The van der Waals surface area contributed by atoms with Crippen LogP contribution in [0, 0.1) is 12.8 Å².